The molecule has 0 bridgehead atoms. The first kappa shape index (κ1) is 19.6. The molecule has 0 aliphatic carbocycles. The lowest BCUT2D eigenvalue weighted by Gasteiger charge is -2.19. The molecule has 3 rings (SSSR count). The number of benzene rings is 1. The second-order valence-corrected chi connectivity index (χ2v) is 6.39. The van der Waals surface area contributed by atoms with Gasteiger partial charge in [-0.25, -0.2) is 9.78 Å². The average molecular weight is 384 g/mol. The molecular formula is C19H24N6O3. The third-order valence-electron chi connectivity index (χ3n) is 4.80. The summed E-state index contributed by atoms with van der Waals surface area (Å²) >= 11 is 0. The number of aromatic carboxylic acids is 1. The van der Waals surface area contributed by atoms with Crippen molar-refractivity contribution in [3.05, 3.63) is 41.7 Å². The molecule has 0 fully saturated rings. The van der Waals surface area contributed by atoms with Gasteiger partial charge in [0.1, 0.15) is 0 Å². The summed E-state index contributed by atoms with van der Waals surface area (Å²) in [5.74, 6) is -1.37. The van der Waals surface area contributed by atoms with E-state index < -0.39 is 11.9 Å². The van der Waals surface area contributed by atoms with Crippen LogP contribution in [0.15, 0.2) is 30.5 Å². The highest BCUT2D eigenvalue weighted by atomic mass is 16.4. The molecule has 2 heterocycles. The molecule has 2 N–H and O–H groups in total. The molecule has 1 aromatic carbocycles. The number of nitrogens with zero attached hydrogens (tertiary/aromatic N) is 5. The molecule has 0 atom stereocenters. The summed E-state index contributed by atoms with van der Waals surface area (Å²) in [7, 11) is 1.49. The Morgan fingerprint density at radius 2 is 1.93 bits per heavy atom. The van der Waals surface area contributed by atoms with Gasteiger partial charge in [-0.3, -0.25) is 14.8 Å². The molecule has 0 spiro atoms. The van der Waals surface area contributed by atoms with Crippen molar-refractivity contribution in [3.63, 3.8) is 0 Å². The van der Waals surface area contributed by atoms with Crippen molar-refractivity contribution < 1.29 is 14.7 Å². The number of hydrogen-bond donors (Lipinski definition) is 2. The van der Waals surface area contributed by atoms with Crippen molar-refractivity contribution in [2.24, 2.45) is 7.05 Å². The highest BCUT2D eigenvalue weighted by Gasteiger charge is 2.23. The molecule has 3 aromatic rings. The second-order valence-electron chi connectivity index (χ2n) is 6.39. The van der Waals surface area contributed by atoms with Crippen LogP contribution in [0.4, 0.5) is 5.95 Å². The van der Waals surface area contributed by atoms with Gasteiger partial charge in [-0.05, 0) is 25.2 Å². The Morgan fingerprint density at radius 3 is 2.61 bits per heavy atom. The number of imidazole rings is 1. The molecule has 0 radical (unpaired) electrons. The van der Waals surface area contributed by atoms with Gasteiger partial charge < -0.3 is 14.6 Å². The predicted octanol–water partition coefficient (Wildman–Crippen LogP) is 2.06. The molecule has 9 nitrogen and oxygen atoms in total. The number of fused-ring (bicyclic) bond motifs is 1. The number of aryl methyl sites for hydroxylation is 1. The van der Waals surface area contributed by atoms with Gasteiger partial charge in [0, 0.05) is 20.1 Å². The van der Waals surface area contributed by atoms with Gasteiger partial charge in [0.05, 0.1) is 22.8 Å². The molecule has 28 heavy (non-hydrogen) atoms. The van der Waals surface area contributed by atoms with E-state index >= 15 is 0 Å². The average Bonchev–Trinajstić information content (AvgIpc) is 3.23. The summed E-state index contributed by atoms with van der Waals surface area (Å²) < 4.78 is 3.11. The summed E-state index contributed by atoms with van der Waals surface area (Å²) in [5.41, 5.74) is 1.51. The second kappa shape index (κ2) is 8.22. The third kappa shape index (κ3) is 3.74. The number of likely N-dealkylation sites (N-methyl/N-ethyl adjacent to an activating group) is 1. The van der Waals surface area contributed by atoms with Crippen LogP contribution < -0.4 is 5.32 Å². The van der Waals surface area contributed by atoms with Crippen LogP contribution >= 0.6 is 0 Å². The molecule has 1 amide bonds. The molecular weight excluding hydrogens is 360 g/mol. The van der Waals surface area contributed by atoms with Crippen LogP contribution in [-0.4, -0.2) is 60.8 Å². The van der Waals surface area contributed by atoms with E-state index in [2.05, 4.69) is 34.1 Å². The molecule has 0 saturated carbocycles. The smallest absolute Gasteiger partial charge is 0.354 e. The van der Waals surface area contributed by atoms with Gasteiger partial charge in [0.15, 0.2) is 5.69 Å². The van der Waals surface area contributed by atoms with Crippen molar-refractivity contribution in [2.75, 3.05) is 25.0 Å². The molecule has 0 aliphatic rings. The van der Waals surface area contributed by atoms with Gasteiger partial charge in [0.25, 0.3) is 5.91 Å². The molecule has 2 aromatic heterocycles. The quantitative estimate of drug-likeness (QED) is 0.616. The largest absolute Gasteiger partial charge is 0.477 e. The molecule has 0 aliphatic heterocycles. The summed E-state index contributed by atoms with van der Waals surface area (Å²) in [6.45, 7) is 7.53. The number of nitrogens with one attached hydrogen (secondary N) is 1. The Bertz CT molecular complexity index is 1000. The number of carbonyl (C=O) groups excluding carboxylic acids is 1. The summed E-state index contributed by atoms with van der Waals surface area (Å²) in [5, 5.41) is 16.0. The number of carbonyl (C=O) groups is 2. The standard InChI is InChI=1S/C19H24N6O3/c1-4-24(5-2)10-11-25-15-9-7-6-8-14(15)21-19(25)22-17(26)13-12-20-23(3)16(13)18(27)28/h6-9,12H,4-5,10-11H2,1-3H3,(H,27,28)(H,21,22,26). The maximum Gasteiger partial charge on any atom is 0.354 e. The van der Waals surface area contributed by atoms with E-state index in [1.165, 1.54) is 17.9 Å². The SMILES string of the molecule is CCN(CC)CCn1c(NC(=O)c2cnn(C)c2C(=O)O)nc2ccccc21. The fourth-order valence-corrected chi connectivity index (χ4v) is 3.20. The van der Waals surface area contributed by atoms with Gasteiger partial charge >= 0.3 is 5.97 Å². The van der Waals surface area contributed by atoms with Crippen molar-refractivity contribution in [2.45, 2.75) is 20.4 Å². The Hall–Kier alpha value is -3.20. The topological polar surface area (TPSA) is 105 Å². The first-order valence-electron chi connectivity index (χ1n) is 9.20. The molecule has 0 unspecified atom stereocenters. The van der Waals surface area contributed by atoms with Crippen molar-refractivity contribution in [3.8, 4) is 0 Å². The fraction of sp³-hybridized carbons (Fsp3) is 0.368. The van der Waals surface area contributed by atoms with E-state index in [0.29, 0.717) is 12.5 Å². The van der Waals surface area contributed by atoms with Crippen molar-refractivity contribution in [1.82, 2.24) is 24.2 Å². The van der Waals surface area contributed by atoms with Gasteiger partial charge in [0.2, 0.25) is 5.95 Å². The van der Waals surface area contributed by atoms with Crippen LogP contribution in [-0.2, 0) is 13.6 Å². The molecule has 148 valence electrons. The van der Waals surface area contributed by atoms with Gasteiger partial charge in [-0.1, -0.05) is 26.0 Å². The first-order valence-corrected chi connectivity index (χ1v) is 9.20. The maximum atomic E-state index is 12.7. The minimum Gasteiger partial charge on any atom is -0.477 e. The lowest BCUT2D eigenvalue weighted by atomic mass is 10.2. The fourth-order valence-electron chi connectivity index (χ4n) is 3.20. The van der Waals surface area contributed by atoms with Crippen LogP contribution in [0.5, 0.6) is 0 Å². The minimum atomic E-state index is -1.21. The minimum absolute atomic E-state index is 0.00245. The number of anilines is 1. The normalized spacial score (nSPS) is 11.3. The van der Waals surface area contributed by atoms with Crippen LogP contribution in [0.25, 0.3) is 11.0 Å². The Kier molecular flexibility index (Phi) is 5.74. The monoisotopic (exact) mass is 384 g/mol. The van der Waals surface area contributed by atoms with E-state index in [9.17, 15) is 14.7 Å². The van der Waals surface area contributed by atoms with E-state index in [4.69, 9.17) is 0 Å². The van der Waals surface area contributed by atoms with E-state index in [-0.39, 0.29) is 11.3 Å². The number of aromatic nitrogens is 4. The zero-order valence-electron chi connectivity index (χ0n) is 16.2. The number of carboxylic acids is 1. The third-order valence-corrected chi connectivity index (χ3v) is 4.80. The van der Waals surface area contributed by atoms with Crippen molar-refractivity contribution in [1.29, 1.82) is 0 Å². The maximum absolute atomic E-state index is 12.7. The Balaban J connectivity index is 1.93. The number of rotatable bonds is 8. The highest BCUT2D eigenvalue weighted by molar-refractivity contribution is 6.09. The number of para-hydroxylation sites is 2. The van der Waals surface area contributed by atoms with Gasteiger partial charge in [-0.15, -0.1) is 0 Å². The zero-order valence-corrected chi connectivity index (χ0v) is 16.2. The first-order chi connectivity index (χ1) is 13.5. The highest BCUT2D eigenvalue weighted by Crippen LogP contribution is 2.21. The van der Waals surface area contributed by atoms with E-state index in [0.717, 1.165) is 30.7 Å². The van der Waals surface area contributed by atoms with Crippen LogP contribution in [0.3, 0.4) is 0 Å². The number of hydrogen-bond acceptors (Lipinski definition) is 5. The van der Waals surface area contributed by atoms with Crippen LogP contribution in [0, 0.1) is 0 Å². The summed E-state index contributed by atoms with van der Waals surface area (Å²) in [4.78, 5) is 31.0. The Morgan fingerprint density at radius 1 is 1.21 bits per heavy atom. The van der Waals surface area contributed by atoms with Gasteiger partial charge in [-0.2, -0.15) is 5.10 Å². The lowest BCUT2D eigenvalue weighted by Crippen LogP contribution is -2.28. The number of amides is 1. The number of carboxylic acid groups (broad SMARTS) is 1. The van der Waals surface area contributed by atoms with E-state index in [1.807, 2.05) is 28.8 Å². The zero-order chi connectivity index (χ0) is 20.3. The van der Waals surface area contributed by atoms with Crippen LogP contribution in [0.1, 0.15) is 34.7 Å². The van der Waals surface area contributed by atoms with Crippen molar-refractivity contribution >= 4 is 28.9 Å². The molecule has 9 heteroatoms. The van der Waals surface area contributed by atoms with Crippen LogP contribution in [0.2, 0.25) is 0 Å². The molecule has 0 saturated heterocycles. The summed E-state index contributed by atoms with van der Waals surface area (Å²) in [6, 6.07) is 7.64. The predicted molar refractivity (Wildman–Crippen MR) is 106 cm³/mol. The Labute approximate surface area is 162 Å². The summed E-state index contributed by atoms with van der Waals surface area (Å²) in [6.07, 6.45) is 1.25. The lowest BCUT2D eigenvalue weighted by molar-refractivity contribution is 0.0680. The van der Waals surface area contributed by atoms with E-state index in [1.54, 1.807) is 0 Å².